The van der Waals surface area contributed by atoms with Crippen molar-refractivity contribution in [2.75, 3.05) is 6.54 Å². The van der Waals surface area contributed by atoms with E-state index in [9.17, 15) is 5.11 Å². The molecule has 2 rings (SSSR count). The van der Waals surface area contributed by atoms with Crippen LogP contribution in [-0.2, 0) is 0 Å². The van der Waals surface area contributed by atoms with Crippen LogP contribution in [0.5, 0.6) is 0 Å². The summed E-state index contributed by atoms with van der Waals surface area (Å²) in [5, 5.41) is 13.5. The van der Waals surface area contributed by atoms with Crippen molar-refractivity contribution < 1.29 is 9.52 Å². The summed E-state index contributed by atoms with van der Waals surface area (Å²) in [6.45, 7) is 0.990. The molecule has 84 valence electrons. The normalized spacial score (nSPS) is 24.8. The van der Waals surface area contributed by atoms with E-state index in [-0.39, 0.29) is 6.04 Å². The Morgan fingerprint density at radius 3 is 3.00 bits per heavy atom. The molecular formula is C11H16BrNO2. The lowest BCUT2D eigenvalue weighted by Crippen LogP contribution is -2.34. The highest BCUT2D eigenvalue weighted by Crippen LogP contribution is 2.26. The number of aliphatic hydroxyl groups is 1. The number of aliphatic hydroxyl groups excluding tert-OH is 1. The fourth-order valence-electron chi connectivity index (χ4n) is 2.01. The topological polar surface area (TPSA) is 45.4 Å². The monoisotopic (exact) mass is 273 g/mol. The third-order valence-corrected chi connectivity index (χ3v) is 3.29. The van der Waals surface area contributed by atoms with E-state index in [1.54, 1.807) is 0 Å². The molecule has 1 aliphatic heterocycles. The highest BCUT2D eigenvalue weighted by molar-refractivity contribution is 9.10. The Morgan fingerprint density at radius 1 is 1.40 bits per heavy atom. The second-order valence-corrected chi connectivity index (χ2v) is 4.78. The molecule has 1 saturated heterocycles. The maximum Gasteiger partial charge on any atom is 0.169 e. The van der Waals surface area contributed by atoms with E-state index in [1.165, 1.54) is 19.3 Å². The number of furan rings is 1. The number of halogens is 1. The van der Waals surface area contributed by atoms with E-state index < -0.39 is 6.10 Å². The quantitative estimate of drug-likeness (QED) is 0.871. The van der Waals surface area contributed by atoms with Gasteiger partial charge in [-0.25, -0.2) is 0 Å². The molecule has 0 spiro atoms. The van der Waals surface area contributed by atoms with Gasteiger partial charge in [0, 0.05) is 6.04 Å². The van der Waals surface area contributed by atoms with Crippen LogP contribution in [0.4, 0.5) is 0 Å². The van der Waals surface area contributed by atoms with Crippen LogP contribution in [0.25, 0.3) is 0 Å². The molecule has 2 heterocycles. The smallest absolute Gasteiger partial charge is 0.169 e. The molecular weight excluding hydrogens is 258 g/mol. The van der Waals surface area contributed by atoms with Gasteiger partial charge in [0.15, 0.2) is 4.67 Å². The van der Waals surface area contributed by atoms with Gasteiger partial charge in [-0.2, -0.15) is 0 Å². The van der Waals surface area contributed by atoms with Crippen LogP contribution in [0, 0.1) is 0 Å². The van der Waals surface area contributed by atoms with Gasteiger partial charge in [-0.05, 0) is 47.4 Å². The molecule has 0 saturated carbocycles. The summed E-state index contributed by atoms with van der Waals surface area (Å²) < 4.78 is 6.04. The Bertz CT molecular complexity index is 305. The SMILES string of the molecule is OC(c1ccc(Br)o1)C1CCCCCN1. The van der Waals surface area contributed by atoms with Gasteiger partial charge in [-0.1, -0.05) is 12.8 Å². The molecule has 1 aromatic rings. The highest BCUT2D eigenvalue weighted by Gasteiger charge is 2.24. The van der Waals surface area contributed by atoms with Crippen LogP contribution in [0.2, 0.25) is 0 Å². The summed E-state index contributed by atoms with van der Waals surface area (Å²) in [5.74, 6) is 0.640. The van der Waals surface area contributed by atoms with Crippen LogP contribution in [0.1, 0.15) is 37.5 Å². The minimum absolute atomic E-state index is 0.130. The Kier molecular flexibility index (Phi) is 3.83. The van der Waals surface area contributed by atoms with Crippen LogP contribution in [-0.4, -0.2) is 17.7 Å². The molecule has 0 radical (unpaired) electrons. The molecule has 2 unspecified atom stereocenters. The minimum Gasteiger partial charge on any atom is -0.452 e. The molecule has 0 aliphatic carbocycles. The predicted molar refractivity (Wildman–Crippen MR) is 61.6 cm³/mol. The molecule has 15 heavy (non-hydrogen) atoms. The fraction of sp³-hybridized carbons (Fsp3) is 0.636. The first-order valence-corrected chi connectivity index (χ1v) is 6.23. The predicted octanol–water partition coefficient (Wildman–Crippen LogP) is 2.61. The van der Waals surface area contributed by atoms with Gasteiger partial charge in [0.05, 0.1) is 0 Å². The van der Waals surface area contributed by atoms with E-state index in [2.05, 4.69) is 21.2 Å². The lowest BCUT2D eigenvalue weighted by atomic mass is 10.0. The summed E-state index contributed by atoms with van der Waals surface area (Å²) >= 11 is 3.24. The number of hydrogen-bond acceptors (Lipinski definition) is 3. The molecule has 3 nitrogen and oxygen atoms in total. The molecule has 0 amide bonds. The first-order valence-electron chi connectivity index (χ1n) is 5.44. The van der Waals surface area contributed by atoms with Gasteiger partial charge in [0.1, 0.15) is 11.9 Å². The first kappa shape index (κ1) is 11.2. The van der Waals surface area contributed by atoms with Gasteiger partial charge < -0.3 is 14.8 Å². The van der Waals surface area contributed by atoms with Crippen molar-refractivity contribution in [3.8, 4) is 0 Å². The van der Waals surface area contributed by atoms with Crippen molar-refractivity contribution in [1.82, 2.24) is 5.32 Å². The van der Waals surface area contributed by atoms with Crippen LogP contribution < -0.4 is 5.32 Å². The highest BCUT2D eigenvalue weighted by atomic mass is 79.9. The number of hydrogen-bond donors (Lipinski definition) is 2. The standard InChI is InChI=1S/C11H16BrNO2/c12-10-6-5-9(15-10)11(14)8-4-2-1-3-7-13-8/h5-6,8,11,13-14H,1-4,7H2. The van der Waals surface area contributed by atoms with Crippen molar-refractivity contribution in [2.24, 2.45) is 0 Å². The first-order chi connectivity index (χ1) is 7.27. The van der Waals surface area contributed by atoms with Crippen molar-refractivity contribution in [2.45, 2.75) is 37.8 Å². The molecule has 2 atom stereocenters. The Labute approximate surface area is 98.0 Å². The minimum atomic E-state index is -0.533. The van der Waals surface area contributed by atoms with Crippen molar-refractivity contribution in [3.05, 3.63) is 22.6 Å². The van der Waals surface area contributed by atoms with Gasteiger partial charge >= 0.3 is 0 Å². The van der Waals surface area contributed by atoms with E-state index in [0.29, 0.717) is 10.4 Å². The second kappa shape index (κ2) is 5.14. The summed E-state index contributed by atoms with van der Waals surface area (Å²) in [6, 6.07) is 3.77. The average molecular weight is 274 g/mol. The van der Waals surface area contributed by atoms with E-state index in [1.807, 2.05) is 12.1 Å². The van der Waals surface area contributed by atoms with Gasteiger partial charge in [-0.3, -0.25) is 0 Å². The van der Waals surface area contributed by atoms with Crippen LogP contribution in [0.3, 0.4) is 0 Å². The largest absolute Gasteiger partial charge is 0.452 e. The molecule has 1 fully saturated rings. The zero-order valence-corrected chi connectivity index (χ0v) is 10.2. The molecule has 1 aliphatic rings. The Balaban J connectivity index is 2.02. The maximum atomic E-state index is 10.1. The lowest BCUT2D eigenvalue weighted by Gasteiger charge is -2.20. The average Bonchev–Trinajstić information content (AvgIpc) is 2.53. The van der Waals surface area contributed by atoms with E-state index in [0.717, 1.165) is 13.0 Å². The second-order valence-electron chi connectivity index (χ2n) is 4.00. The van der Waals surface area contributed by atoms with Crippen molar-refractivity contribution in [1.29, 1.82) is 0 Å². The van der Waals surface area contributed by atoms with Gasteiger partial charge in [-0.15, -0.1) is 0 Å². The number of rotatable bonds is 2. The van der Waals surface area contributed by atoms with Crippen LogP contribution >= 0.6 is 15.9 Å². The third kappa shape index (κ3) is 2.83. The van der Waals surface area contributed by atoms with E-state index >= 15 is 0 Å². The zero-order chi connectivity index (χ0) is 10.7. The lowest BCUT2D eigenvalue weighted by molar-refractivity contribution is 0.102. The van der Waals surface area contributed by atoms with Gasteiger partial charge in [0.2, 0.25) is 0 Å². The maximum absolute atomic E-state index is 10.1. The molecule has 4 heteroatoms. The Morgan fingerprint density at radius 2 is 2.27 bits per heavy atom. The molecule has 0 aromatic carbocycles. The summed E-state index contributed by atoms with van der Waals surface area (Å²) in [4.78, 5) is 0. The third-order valence-electron chi connectivity index (χ3n) is 2.87. The Hall–Kier alpha value is -0.320. The molecule has 2 N–H and O–H groups in total. The van der Waals surface area contributed by atoms with Crippen molar-refractivity contribution in [3.63, 3.8) is 0 Å². The van der Waals surface area contributed by atoms with E-state index in [4.69, 9.17) is 4.42 Å². The number of nitrogens with one attached hydrogen (secondary N) is 1. The van der Waals surface area contributed by atoms with Gasteiger partial charge in [0.25, 0.3) is 0 Å². The summed E-state index contributed by atoms with van der Waals surface area (Å²) in [7, 11) is 0. The zero-order valence-electron chi connectivity index (χ0n) is 8.58. The summed E-state index contributed by atoms with van der Waals surface area (Å²) in [5.41, 5.74) is 0. The molecule has 0 bridgehead atoms. The molecule has 1 aromatic heterocycles. The fourth-order valence-corrected chi connectivity index (χ4v) is 2.33. The van der Waals surface area contributed by atoms with Crippen molar-refractivity contribution >= 4 is 15.9 Å². The summed E-state index contributed by atoms with van der Waals surface area (Å²) in [6.07, 6.45) is 4.11. The van der Waals surface area contributed by atoms with Crippen LogP contribution in [0.15, 0.2) is 21.2 Å².